The van der Waals surface area contributed by atoms with Crippen LogP contribution in [-0.4, -0.2) is 9.97 Å². The molecule has 20 heavy (non-hydrogen) atoms. The average Bonchev–Trinajstić information content (AvgIpc) is 2.50. The molecule has 3 rings (SSSR count). The van der Waals surface area contributed by atoms with E-state index in [1.807, 2.05) is 43.5 Å². The molecule has 0 bridgehead atoms. The van der Waals surface area contributed by atoms with Crippen LogP contribution in [-0.2, 0) is 0 Å². The molecular formula is C16H16N4. The Kier molecular flexibility index (Phi) is 3.41. The summed E-state index contributed by atoms with van der Waals surface area (Å²) in [6.07, 6.45) is 3.64. The van der Waals surface area contributed by atoms with Crippen molar-refractivity contribution in [3.8, 4) is 0 Å². The van der Waals surface area contributed by atoms with E-state index in [-0.39, 0.29) is 6.04 Å². The third-order valence-corrected chi connectivity index (χ3v) is 3.47. The molecule has 0 saturated carbocycles. The highest BCUT2D eigenvalue weighted by molar-refractivity contribution is 5.79. The van der Waals surface area contributed by atoms with Crippen molar-refractivity contribution in [1.82, 2.24) is 15.4 Å². The van der Waals surface area contributed by atoms with E-state index in [9.17, 15) is 0 Å². The normalized spacial score (nSPS) is 12.5. The SMILES string of the molecule is Cc1ncccc1C(NN)c1cnc2ccccc2c1. The third kappa shape index (κ3) is 2.27. The molecule has 100 valence electrons. The van der Waals surface area contributed by atoms with Gasteiger partial charge >= 0.3 is 0 Å². The van der Waals surface area contributed by atoms with Gasteiger partial charge in [-0.2, -0.15) is 0 Å². The van der Waals surface area contributed by atoms with Gasteiger partial charge in [0.05, 0.1) is 11.6 Å². The van der Waals surface area contributed by atoms with Crippen LogP contribution in [0.15, 0.2) is 54.9 Å². The van der Waals surface area contributed by atoms with Gasteiger partial charge in [-0.25, -0.2) is 5.43 Å². The van der Waals surface area contributed by atoms with Crippen molar-refractivity contribution in [3.05, 3.63) is 71.7 Å². The minimum absolute atomic E-state index is 0.110. The van der Waals surface area contributed by atoms with Crippen molar-refractivity contribution in [1.29, 1.82) is 0 Å². The quantitative estimate of drug-likeness (QED) is 0.563. The number of benzene rings is 1. The van der Waals surface area contributed by atoms with Gasteiger partial charge in [0.15, 0.2) is 0 Å². The average molecular weight is 264 g/mol. The Morgan fingerprint density at radius 2 is 1.95 bits per heavy atom. The number of hydrogen-bond acceptors (Lipinski definition) is 4. The molecule has 4 nitrogen and oxygen atoms in total. The predicted molar refractivity (Wildman–Crippen MR) is 79.9 cm³/mol. The molecular weight excluding hydrogens is 248 g/mol. The summed E-state index contributed by atoms with van der Waals surface area (Å²) in [7, 11) is 0. The largest absolute Gasteiger partial charge is 0.271 e. The maximum Gasteiger partial charge on any atom is 0.0742 e. The van der Waals surface area contributed by atoms with Crippen molar-refractivity contribution in [2.24, 2.45) is 5.84 Å². The zero-order valence-electron chi connectivity index (χ0n) is 11.2. The third-order valence-electron chi connectivity index (χ3n) is 3.47. The molecule has 1 aromatic carbocycles. The van der Waals surface area contributed by atoms with Crippen LogP contribution in [0.1, 0.15) is 22.9 Å². The minimum atomic E-state index is -0.110. The van der Waals surface area contributed by atoms with Crippen LogP contribution >= 0.6 is 0 Å². The van der Waals surface area contributed by atoms with Gasteiger partial charge in [0, 0.05) is 23.5 Å². The molecule has 0 fully saturated rings. The van der Waals surface area contributed by atoms with E-state index in [0.29, 0.717) is 0 Å². The van der Waals surface area contributed by atoms with E-state index < -0.39 is 0 Å². The lowest BCUT2D eigenvalue weighted by atomic mass is 9.98. The van der Waals surface area contributed by atoms with Crippen LogP contribution in [0.5, 0.6) is 0 Å². The second-order valence-corrected chi connectivity index (χ2v) is 4.74. The monoisotopic (exact) mass is 264 g/mol. The molecule has 0 spiro atoms. The summed E-state index contributed by atoms with van der Waals surface area (Å²) < 4.78 is 0. The number of nitrogens with one attached hydrogen (secondary N) is 1. The summed E-state index contributed by atoms with van der Waals surface area (Å²) in [6.45, 7) is 1.98. The highest BCUT2D eigenvalue weighted by Gasteiger charge is 2.15. The molecule has 0 saturated heterocycles. The first-order chi connectivity index (χ1) is 9.79. The zero-order chi connectivity index (χ0) is 13.9. The summed E-state index contributed by atoms with van der Waals surface area (Å²) in [5, 5.41) is 1.10. The summed E-state index contributed by atoms with van der Waals surface area (Å²) in [6, 6.07) is 14.0. The molecule has 0 amide bonds. The molecule has 0 aliphatic heterocycles. The number of nitrogens with two attached hydrogens (primary N) is 1. The Hall–Kier alpha value is -2.30. The van der Waals surface area contributed by atoms with Gasteiger partial charge in [-0.05, 0) is 36.2 Å². The summed E-state index contributed by atoms with van der Waals surface area (Å²) >= 11 is 0. The van der Waals surface area contributed by atoms with E-state index in [1.54, 1.807) is 6.20 Å². The van der Waals surface area contributed by atoms with Crippen LogP contribution in [0.3, 0.4) is 0 Å². The topological polar surface area (TPSA) is 63.8 Å². The van der Waals surface area contributed by atoms with Crippen LogP contribution in [0.25, 0.3) is 10.9 Å². The first-order valence-corrected chi connectivity index (χ1v) is 6.52. The fourth-order valence-electron chi connectivity index (χ4n) is 2.41. The number of aromatic nitrogens is 2. The molecule has 1 unspecified atom stereocenters. The molecule has 3 N–H and O–H groups in total. The number of fused-ring (bicyclic) bond motifs is 1. The van der Waals surface area contributed by atoms with Crippen molar-refractivity contribution < 1.29 is 0 Å². The smallest absolute Gasteiger partial charge is 0.0742 e. The second-order valence-electron chi connectivity index (χ2n) is 4.74. The molecule has 2 aromatic heterocycles. The Morgan fingerprint density at radius 1 is 1.10 bits per heavy atom. The second kappa shape index (κ2) is 5.36. The summed E-state index contributed by atoms with van der Waals surface area (Å²) in [5.74, 6) is 5.74. The van der Waals surface area contributed by atoms with Gasteiger partial charge in [-0.15, -0.1) is 0 Å². The number of para-hydroxylation sites is 1. The van der Waals surface area contributed by atoms with Crippen molar-refractivity contribution in [2.45, 2.75) is 13.0 Å². The van der Waals surface area contributed by atoms with E-state index >= 15 is 0 Å². The number of nitrogens with zero attached hydrogens (tertiary/aromatic N) is 2. The molecule has 2 heterocycles. The maximum atomic E-state index is 5.74. The van der Waals surface area contributed by atoms with Crippen LogP contribution in [0, 0.1) is 6.92 Å². The zero-order valence-corrected chi connectivity index (χ0v) is 11.2. The van der Waals surface area contributed by atoms with E-state index in [4.69, 9.17) is 5.84 Å². The lowest BCUT2D eigenvalue weighted by Gasteiger charge is -2.18. The first kappa shape index (κ1) is 12.7. The Labute approximate surface area is 117 Å². The number of aryl methyl sites for hydroxylation is 1. The molecule has 0 aliphatic rings. The fraction of sp³-hybridized carbons (Fsp3) is 0.125. The van der Waals surface area contributed by atoms with E-state index in [1.165, 1.54) is 0 Å². The lowest BCUT2D eigenvalue weighted by Crippen LogP contribution is -2.29. The van der Waals surface area contributed by atoms with E-state index in [2.05, 4.69) is 27.5 Å². The van der Waals surface area contributed by atoms with Gasteiger partial charge in [0.25, 0.3) is 0 Å². The van der Waals surface area contributed by atoms with E-state index in [0.717, 1.165) is 27.7 Å². The van der Waals surface area contributed by atoms with Gasteiger partial charge in [-0.1, -0.05) is 24.3 Å². The minimum Gasteiger partial charge on any atom is -0.271 e. The van der Waals surface area contributed by atoms with Crippen molar-refractivity contribution >= 4 is 10.9 Å². The maximum absolute atomic E-state index is 5.74. The molecule has 0 radical (unpaired) electrons. The summed E-state index contributed by atoms with van der Waals surface area (Å²) in [5.41, 5.74) is 6.90. The highest BCUT2D eigenvalue weighted by atomic mass is 15.2. The molecule has 1 atom stereocenters. The van der Waals surface area contributed by atoms with Crippen LogP contribution in [0.4, 0.5) is 0 Å². The molecule has 0 aliphatic carbocycles. The number of rotatable bonds is 3. The predicted octanol–water partition coefficient (Wildman–Crippen LogP) is 2.49. The van der Waals surface area contributed by atoms with Crippen LogP contribution in [0.2, 0.25) is 0 Å². The highest BCUT2D eigenvalue weighted by Crippen LogP contribution is 2.24. The first-order valence-electron chi connectivity index (χ1n) is 6.52. The lowest BCUT2D eigenvalue weighted by molar-refractivity contribution is 0.629. The Morgan fingerprint density at radius 3 is 2.75 bits per heavy atom. The standard InChI is InChI=1S/C16H16N4/c1-11-14(6-4-8-18-11)16(20-17)13-9-12-5-2-3-7-15(12)19-10-13/h2-10,16,20H,17H2,1H3. The summed E-state index contributed by atoms with van der Waals surface area (Å²) in [4.78, 5) is 8.81. The van der Waals surface area contributed by atoms with Gasteiger partial charge in [-0.3, -0.25) is 15.8 Å². The Balaban J connectivity index is 2.10. The van der Waals surface area contributed by atoms with Crippen molar-refractivity contribution in [3.63, 3.8) is 0 Å². The van der Waals surface area contributed by atoms with Gasteiger partial charge in [0.2, 0.25) is 0 Å². The fourth-order valence-corrected chi connectivity index (χ4v) is 2.41. The Bertz CT molecular complexity index is 739. The number of hydrazine groups is 1. The number of hydrogen-bond donors (Lipinski definition) is 2. The van der Waals surface area contributed by atoms with Crippen molar-refractivity contribution in [2.75, 3.05) is 0 Å². The van der Waals surface area contributed by atoms with Gasteiger partial charge < -0.3 is 0 Å². The molecule has 4 heteroatoms. The molecule has 3 aromatic rings. The van der Waals surface area contributed by atoms with Crippen LogP contribution < -0.4 is 11.3 Å². The van der Waals surface area contributed by atoms with Gasteiger partial charge in [0.1, 0.15) is 0 Å². The number of pyridine rings is 2.